The van der Waals surface area contributed by atoms with Gasteiger partial charge in [0.15, 0.2) is 11.6 Å². The predicted octanol–water partition coefficient (Wildman–Crippen LogP) is 0.737. The number of carbonyl (C=O) groups excluding carboxylic acids is 2. The maximum atomic E-state index is 11.3. The number of hydrogen-bond acceptors (Lipinski definition) is 3. The van der Waals surface area contributed by atoms with Gasteiger partial charge in [0.1, 0.15) is 0 Å². The predicted molar refractivity (Wildman–Crippen MR) is 43.8 cm³/mol. The summed E-state index contributed by atoms with van der Waals surface area (Å²) in [5, 5.41) is 0. The largest absolute Gasteiger partial charge is 0.385 e. The van der Waals surface area contributed by atoms with Crippen molar-refractivity contribution in [3.63, 3.8) is 0 Å². The van der Waals surface area contributed by atoms with Crippen LogP contribution in [-0.2, 0) is 14.3 Å². The first-order valence-corrected chi connectivity index (χ1v) is 3.92. The van der Waals surface area contributed by atoms with Crippen molar-refractivity contribution in [2.24, 2.45) is 5.92 Å². The fraction of sp³-hybridized carbons (Fsp3) is 0.556. The molecule has 1 atom stereocenters. The van der Waals surface area contributed by atoms with E-state index in [4.69, 9.17) is 4.74 Å². The molecule has 0 aliphatic heterocycles. The molecule has 0 aromatic carbocycles. The molecule has 0 spiro atoms. The Morgan fingerprint density at radius 3 is 2.58 bits per heavy atom. The van der Waals surface area contributed by atoms with Crippen LogP contribution in [0.2, 0.25) is 0 Å². The second-order valence-electron chi connectivity index (χ2n) is 2.93. The van der Waals surface area contributed by atoms with Gasteiger partial charge in [-0.1, -0.05) is 0 Å². The zero-order valence-electron chi connectivity index (χ0n) is 7.29. The molecule has 3 nitrogen and oxygen atoms in total. The van der Waals surface area contributed by atoms with Crippen molar-refractivity contribution >= 4 is 11.6 Å². The Labute approximate surface area is 71.4 Å². The Kier molecular flexibility index (Phi) is 2.76. The SMILES string of the molecule is COCCC1C(=O)C=C(C)C1=O. The minimum Gasteiger partial charge on any atom is -0.385 e. The molecule has 1 rings (SSSR count). The lowest BCUT2D eigenvalue weighted by Gasteiger charge is -2.05. The third kappa shape index (κ3) is 1.61. The number of rotatable bonds is 3. The molecule has 0 aromatic heterocycles. The van der Waals surface area contributed by atoms with Crippen LogP contribution in [0.1, 0.15) is 13.3 Å². The molecule has 0 aromatic rings. The van der Waals surface area contributed by atoms with E-state index in [-0.39, 0.29) is 11.6 Å². The first-order chi connectivity index (χ1) is 5.66. The highest BCUT2D eigenvalue weighted by Crippen LogP contribution is 2.20. The zero-order chi connectivity index (χ0) is 9.14. The fourth-order valence-corrected chi connectivity index (χ4v) is 1.30. The highest BCUT2D eigenvalue weighted by atomic mass is 16.5. The number of Topliss-reactive ketones (excluding diaryl/α,β-unsaturated/α-hetero) is 1. The molecule has 66 valence electrons. The standard InChI is InChI=1S/C9H12O3/c1-6-5-8(10)7(9(6)11)3-4-12-2/h5,7H,3-4H2,1-2H3. The maximum absolute atomic E-state index is 11.3. The summed E-state index contributed by atoms with van der Waals surface area (Å²) in [6.07, 6.45) is 1.92. The molecule has 0 radical (unpaired) electrons. The van der Waals surface area contributed by atoms with Gasteiger partial charge in [-0.25, -0.2) is 0 Å². The van der Waals surface area contributed by atoms with Crippen LogP contribution in [0, 0.1) is 5.92 Å². The average molecular weight is 168 g/mol. The van der Waals surface area contributed by atoms with Crippen LogP contribution in [0.5, 0.6) is 0 Å². The number of ketones is 2. The molecule has 12 heavy (non-hydrogen) atoms. The van der Waals surface area contributed by atoms with E-state index in [1.165, 1.54) is 6.08 Å². The second-order valence-corrected chi connectivity index (χ2v) is 2.93. The molecule has 1 aliphatic carbocycles. The summed E-state index contributed by atoms with van der Waals surface area (Å²) in [7, 11) is 1.56. The summed E-state index contributed by atoms with van der Waals surface area (Å²) >= 11 is 0. The molecule has 1 aliphatic rings. The van der Waals surface area contributed by atoms with E-state index in [0.717, 1.165) is 0 Å². The molecule has 3 heteroatoms. The molecular formula is C9H12O3. The van der Waals surface area contributed by atoms with E-state index in [1.807, 2.05) is 0 Å². The molecular weight excluding hydrogens is 156 g/mol. The smallest absolute Gasteiger partial charge is 0.169 e. The Balaban J connectivity index is 2.58. The van der Waals surface area contributed by atoms with Crippen molar-refractivity contribution in [1.29, 1.82) is 0 Å². The van der Waals surface area contributed by atoms with Gasteiger partial charge in [0, 0.05) is 13.7 Å². The number of carbonyl (C=O) groups is 2. The lowest BCUT2D eigenvalue weighted by atomic mass is 10.0. The van der Waals surface area contributed by atoms with Gasteiger partial charge in [-0.15, -0.1) is 0 Å². The summed E-state index contributed by atoms with van der Waals surface area (Å²) < 4.78 is 4.81. The van der Waals surface area contributed by atoms with Gasteiger partial charge in [0.05, 0.1) is 5.92 Å². The third-order valence-corrected chi connectivity index (χ3v) is 2.02. The van der Waals surface area contributed by atoms with Crippen LogP contribution in [-0.4, -0.2) is 25.3 Å². The summed E-state index contributed by atoms with van der Waals surface area (Å²) in [4.78, 5) is 22.4. The van der Waals surface area contributed by atoms with Crippen LogP contribution in [0.3, 0.4) is 0 Å². The number of hydrogen-bond donors (Lipinski definition) is 0. The van der Waals surface area contributed by atoms with Crippen LogP contribution in [0.4, 0.5) is 0 Å². The second kappa shape index (κ2) is 3.63. The molecule has 0 bridgehead atoms. The quantitative estimate of drug-likeness (QED) is 0.584. The monoisotopic (exact) mass is 168 g/mol. The first kappa shape index (κ1) is 9.13. The van der Waals surface area contributed by atoms with Crippen molar-refractivity contribution < 1.29 is 14.3 Å². The first-order valence-electron chi connectivity index (χ1n) is 3.92. The molecule has 0 amide bonds. The zero-order valence-corrected chi connectivity index (χ0v) is 7.29. The van der Waals surface area contributed by atoms with Gasteiger partial charge in [0.25, 0.3) is 0 Å². The van der Waals surface area contributed by atoms with Gasteiger partial charge >= 0.3 is 0 Å². The highest BCUT2D eigenvalue weighted by molar-refractivity contribution is 6.21. The highest BCUT2D eigenvalue weighted by Gasteiger charge is 2.31. The van der Waals surface area contributed by atoms with Gasteiger partial charge in [-0.2, -0.15) is 0 Å². The van der Waals surface area contributed by atoms with Crippen molar-refractivity contribution in [2.45, 2.75) is 13.3 Å². The van der Waals surface area contributed by atoms with E-state index in [9.17, 15) is 9.59 Å². The summed E-state index contributed by atoms with van der Waals surface area (Å²) in [6.45, 7) is 2.14. The number of ether oxygens (including phenoxy) is 1. The summed E-state index contributed by atoms with van der Waals surface area (Å²) in [5.41, 5.74) is 0.570. The molecule has 1 unspecified atom stereocenters. The topological polar surface area (TPSA) is 43.4 Å². The van der Waals surface area contributed by atoms with Gasteiger partial charge in [-0.3, -0.25) is 9.59 Å². The number of methoxy groups -OCH3 is 1. The van der Waals surface area contributed by atoms with Crippen LogP contribution < -0.4 is 0 Å². The maximum Gasteiger partial charge on any atom is 0.169 e. The Hall–Kier alpha value is -0.960. The van der Waals surface area contributed by atoms with Crippen LogP contribution >= 0.6 is 0 Å². The van der Waals surface area contributed by atoms with E-state index >= 15 is 0 Å². The van der Waals surface area contributed by atoms with Crippen LogP contribution in [0.25, 0.3) is 0 Å². The Bertz CT molecular complexity index is 240. The minimum absolute atomic E-state index is 0.0444. The molecule has 0 saturated heterocycles. The Morgan fingerprint density at radius 1 is 1.50 bits per heavy atom. The normalized spacial score (nSPS) is 23.2. The van der Waals surface area contributed by atoms with E-state index < -0.39 is 5.92 Å². The summed E-state index contributed by atoms with van der Waals surface area (Å²) in [6, 6.07) is 0. The number of allylic oxidation sites excluding steroid dienone is 2. The van der Waals surface area contributed by atoms with Gasteiger partial charge in [-0.05, 0) is 25.0 Å². The average Bonchev–Trinajstić information content (AvgIpc) is 2.25. The minimum atomic E-state index is -0.468. The van der Waals surface area contributed by atoms with E-state index in [1.54, 1.807) is 14.0 Å². The van der Waals surface area contributed by atoms with Gasteiger partial charge < -0.3 is 4.74 Å². The lowest BCUT2D eigenvalue weighted by molar-refractivity contribution is -0.126. The van der Waals surface area contributed by atoms with Gasteiger partial charge in [0.2, 0.25) is 0 Å². The van der Waals surface area contributed by atoms with Crippen molar-refractivity contribution in [3.05, 3.63) is 11.6 Å². The van der Waals surface area contributed by atoms with Crippen LogP contribution in [0.15, 0.2) is 11.6 Å². The summed E-state index contributed by atoms with van der Waals surface area (Å²) in [5.74, 6) is -0.587. The molecule has 0 heterocycles. The molecule has 0 saturated carbocycles. The fourth-order valence-electron chi connectivity index (χ4n) is 1.30. The third-order valence-electron chi connectivity index (χ3n) is 2.02. The van der Waals surface area contributed by atoms with Crippen molar-refractivity contribution in [1.82, 2.24) is 0 Å². The lowest BCUT2D eigenvalue weighted by Crippen LogP contribution is -2.18. The van der Waals surface area contributed by atoms with Crippen molar-refractivity contribution in [3.8, 4) is 0 Å². The Morgan fingerprint density at radius 2 is 2.17 bits per heavy atom. The van der Waals surface area contributed by atoms with E-state index in [0.29, 0.717) is 18.6 Å². The molecule has 0 N–H and O–H groups in total. The van der Waals surface area contributed by atoms with Crippen molar-refractivity contribution in [2.75, 3.05) is 13.7 Å². The molecule has 0 fully saturated rings. The van der Waals surface area contributed by atoms with E-state index in [2.05, 4.69) is 0 Å².